The van der Waals surface area contributed by atoms with Crippen molar-refractivity contribution in [1.29, 1.82) is 0 Å². The van der Waals surface area contributed by atoms with Gasteiger partial charge in [-0.05, 0) is 32.5 Å². The van der Waals surface area contributed by atoms with Crippen LogP contribution in [0.5, 0.6) is 0 Å². The van der Waals surface area contributed by atoms with Crippen molar-refractivity contribution < 1.29 is 9.18 Å². The lowest BCUT2D eigenvalue weighted by molar-refractivity contribution is 0.101. The van der Waals surface area contributed by atoms with Crippen molar-refractivity contribution in [1.82, 2.24) is 4.90 Å². The molecule has 0 aliphatic carbocycles. The van der Waals surface area contributed by atoms with Crippen LogP contribution in [-0.4, -0.2) is 43.4 Å². The molecular formula is C15H21FN2O. The molecule has 104 valence electrons. The van der Waals surface area contributed by atoms with E-state index < -0.39 is 5.82 Å². The molecule has 1 aliphatic rings. The normalized spacial score (nSPS) is 20.6. The third-order valence-electron chi connectivity index (χ3n) is 3.93. The minimum Gasteiger partial charge on any atom is -0.368 e. The highest BCUT2D eigenvalue weighted by Gasteiger charge is 2.26. The summed E-state index contributed by atoms with van der Waals surface area (Å²) in [4.78, 5) is 16.1. The van der Waals surface area contributed by atoms with Crippen molar-refractivity contribution in [3.05, 3.63) is 29.6 Å². The molecule has 0 saturated carbocycles. The maximum atomic E-state index is 13.9. The molecule has 19 heavy (non-hydrogen) atoms. The van der Waals surface area contributed by atoms with Crippen LogP contribution in [-0.2, 0) is 0 Å². The van der Waals surface area contributed by atoms with E-state index in [9.17, 15) is 9.18 Å². The van der Waals surface area contributed by atoms with Crippen molar-refractivity contribution in [3.63, 3.8) is 0 Å². The highest BCUT2D eigenvalue weighted by atomic mass is 19.1. The number of piperazine rings is 1. The van der Waals surface area contributed by atoms with E-state index in [2.05, 4.69) is 23.8 Å². The topological polar surface area (TPSA) is 23.6 Å². The Labute approximate surface area is 114 Å². The van der Waals surface area contributed by atoms with E-state index in [4.69, 9.17) is 0 Å². The molecule has 1 unspecified atom stereocenters. The standard InChI is InChI=1S/C15H21FN2O/c1-4-12-10-18(9-8-17(12)3)14-7-5-6-13(16)15(14)11(2)19/h5-7,12H,4,8-10H2,1-3H3. The van der Waals surface area contributed by atoms with Crippen LogP contribution in [0, 0.1) is 5.82 Å². The molecule has 0 aromatic heterocycles. The number of hydrogen-bond acceptors (Lipinski definition) is 3. The highest BCUT2D eigenvalue weighted by molar-refractivity contribution is 6.00. The number of rotatable bonds is 3. The van der Waals surface area contributed by atoms with Gasteiger partial charge in [-0.1, -0.05) is 13.0 Å². The Morgan fingerprint density at radius 3 is 2.79 bits per heavy atom. The van der Waals surface area contributed by atoms with E-state index in [-0.39, 0.29) is 11.3 Å². The first-order valence-corrected chi connectivity index (χ1v) is 6.79. The fourth-order valence-corrected chi connectivity index (χ4v) is 2.73. The van der Waals surface area contributed by atoms with E-state index in [1.54, 1.807) is 6.07 Å². The number of nitrogens with zero attached hydrogens (tertiary/aromatic N) is 2. The zero-order chi connectivity index (χ0) is 14.0. The summed E-state index contributed by atoms with van der Waals surface area (Å²) in [5.74, 6) is -0.628. The summed E-state index contributed by atoms with van der Waals surface area (Å²) in [6.07, 6.45) is 1.05. The zero-order valence-corrected chi connectivity index (χ0v) is 11.8. The van der Waals surface area contributed by atoms with E-state index in [1.807, 2.05) is 6.07 Å². The number of carbonyl (C=O) groups is 1. The van der Waals surface area contributed by atoms with Gasteiger partial charge >= 0.3 is 0 Å². The van der Waals surface area contributed by atoms with E-state index in [0.717, 1.165) is 31.7 Å². The van der Waals surface area contributed by atoms with Gasteiger partial charge in [-0.25, -0.2) is 4.39 Å². The Morgan fingerprint density at radius 1 is 1.42 bits per heavy atom. The predicted molar refractivity (Wildman–Crippen MR) is 75.3 cm³/mol. The lowest BCUT2D eigenvalue weighted by Crippen LogP contribution is -2.51. The van der Waals surface area contributed by atoms with Crippen molar-refractivity contribution in [2.75, 3.05) is 31.6 Å². The monoisotopic (exact) mass is 264 g/mol. The number of benzene rings is 1. The smallest absolute Gasteiger partial charge is 0.164 e. The molecule has 1 aliphatic heterocycles. The third kappa shape index (κ3) is 2.78. The Hall–Kier alpha value is -1.42. The van der Waals surface area contributed by atoms with Gasteiger partial charge < -0.3 is 4.90 Å². The molecule has 1 heterocycles. The highest BCUT2D eigenvalue weighted by Crippen LogP contribution is 2.26. The maximum Gasteiger partial charge on any atom is 0.164 e. The lowest BCUT2D eigenvalue weighted by Gasteiger charge is -2.40. The molecule has 1 aromatic rings. The van der Waals surface area contributed by atoms with E-state index in [1.165, 1.54) is 13.0 Å². The molecule has 4 heteroatoms. The van der Waals surface area contributed by atoms with Gasteiger partial charge in [0.05, 0.1) is 11.3 Å². The summed E-state index contributed by atoms with van der Waals surface area (Å²) in [6, 6.07) is 5.33. The van der Waals surface area contributed by atoms with Gasteiger partial charge in [0.2, 0.25) is 0 Å². The zero-order valence-electron chi connectivity index (χ0n) is 11.8. The Morgan fingerprint density at radius 2 is 2.16 bits per heavy atom. The molecular weight excluding hydrogens is 243 g/mol. The van der Waals surface area contributed by atoms with Crippen molar-refractivity contribution >= 4 is 11.5 Å². The number of ketones is 1. The molecule has 0 spiro atoms. The summed E-state index contributed by atoms with van der Waals surface area (Å²) < 4.78 is 13.9. The minimum atomic E-state index is -0.419. The van der Waals surface area contributed by atoms with Crippen LogP contribution in [0.25, 0.3) is 0 Å². The van der Waals surface area contributed by atoms with Crippen LogP contribution in [0.4, 0.5) is 10.1 Å². The first kappa shape index (κ1) is 14.0. The molecule has 3 nitrogen and oxygen atoms in total. The maximum absolute atomic E-state index is 13.9. The number of anilines is 1. The predicted octanol–water partition coefficient (Wildman–Crippen LogP) is 2.56. The second-order valence-corrected chi connectivity index (χ2v) is 5.18. The van der Waals surface area contributed by atoms with Gasteiger partial charge in [-0.2, -0.15) is 0 Å². The largest absolute Gasteiger partial charge is 0.368 e. The van der Waals surface area contributed by atoms with Gasteiger partial charge in [-0.3, -0.25) is 9.69 Å². The number of hydrogen-bond donors (Lipinski definition) is 0. The number of Topliss-reactive ketones (excluding diaryl/α,β-unsaturated/α-hetero) is 1. The molecule has 0 N–H and O–H groups in total. The molecule has 0 amide bonds. The Bertz CT molecular complexity index is 475. The molecule has 2 rings (SSSR count). The molecule has 0 bridgehead atoms. The first-order chi connectivity index (χ1) is 9.04. The fourth-order valence-electron chi connectivity index (χ4n) is 2.73. The summed E-state index contributed by atoms with van der Waals surface area (Å²) in [7, 11) is 2.11. The third-order valence-corrected chi connectivity index (χ3v) is 3.93. The van der Waals surface area contributed by atoms with Gasteiger partial charge in [0, 0.05) is 25.7 Å². The van der Waals surface area contributed by atoms with Crippen molar-refractivity contribution in [3.8, 4) is 0 Å². The van der Waals surface area contributed by atoms with Gasteiger partial charge in [-0.15, -0.1) is 0 Å². The summed E-state index contributed by atoms with van der Waals surface area (Å²) in [5.41, 5.74) is 0.959. The molecule has 1 atom stereocenters. The van der Waals surface area contributed by atoms with Crippen LogP contribution in [0.1, 0.15) is 30.6 Å². The summed E-state index contributed by atoms with van der Waals surface area (Å²) in [5, 5.41) is 0. The summed E-state index contributed by atoms with van der Waals surface area (Å²) >= 11 is 0. The molecule has 0 radical (unpaired) electrons. The first-order valence-electron chi connectivity index (χ1n) is 6.79. The number of halogens is 1. The van der Waals surface area contributed by atoms with Crippen LogP contribution < -0.4 is 4.90 Å². The quantitative estimate of drug-likeness (QED) is 0.784. The van der Waals surface area contributed by atoms with Crippen LogP contribution >= 0.6 is 0 Å². The van der Waals surface area contributed by atoms with Crippen LogP contribution in [0.3, 0.4) is 0 Å². The van der Waals surface area contributed by atoms with E-state index in [0.29, 0.717) is 6.04 Å². The average molecular weight is 264 g/mol. The van der Waals surface area contributed by atoms with Crippen LogP contribution in [0.2, 0.25) is 0 Å². The number of carbonyl (C=O) groups excluding carboxylic acids is 1. The van der Waals surface area contributed by atoms with Gasteiger partial charge in [0.25, 0.3) is 0 Å². The number of likely N-dealkylation sites (N-methyl/N-ethyl adjacent to an activating group) is 1. The van der Waals surface area contributed by atoms with Gasteiger partial charge in [0.15, 0.2) is 5.78 Å². The Balaban J connectivity index is 2.32. The molecule has 1 aromatic carbocycles. The van der Waals surface area contributed by atoms with Crippen molar-refractivity contribution in [2.24, 2.45) is 0 Å². The SMILES string of the molecule is CCC1CN(c2cccc(F)c2C(C)=O)CCN1C. The average Bonchev–Trinajstić information content (AvgIpc) is 2.38. The second kappa shape index (κ2) is 5.70. The van der Waals surface area contributed by atoms with E-state index >= 15 is 0 Å². The molecule has 1 saturated heterocycles. The van der Waals surface area contributed by atoms with Crippen LogP contribution in [0.15, 0.2) is 18.2 Å². The Kier molecular flexibility index (Phi) is 4.20. The summed E-state index contributed by atoms with van der Waals surface area (Å²) in [6.45, 7) is 6.19. The second-order valence-electron chi connectivity index (χ2n) is 5.18. The van der Waals surface area contributed by atoms with Crippen molar-refractivity contribution in [2.45, 2.75) is 26.3 Å². The molecule has 1 fully saturated rings. The van der Waals surface area contributed by atoms with Gasteiger partial charge in [0.1, 0.15) is 5.82 Å². The minimum absolute atomic E-state index is 0.208. The fraction of sp³-hybridized carbons (Fsp3) is 0.533. The lowest BCUT2D eigenvalue weighted by atomic mass is 10.0.